The summed E-state index contributed by atoms with van der Waals surface area (Å²) in [5.74, 6) is -0.00692. The fraction of sp³-hybridized carbons (Fsp3) is 0.571. The molecule has 1 aliphatic carbocycles. The molecule has 2 fully saturated rings. The fourth-order valence-corrected chi connectivity index (χ4v) is 4.17. The lowest BCUT2D eigenvalue weighted by atomic mass is 9.67. The van der Waals surface area contributed by atoms with E-state index in [9.17, 15) is 14.4 Å². The average Bonchev–Trinajstić information content (AvgIpc) is 2.85. The molecule has 0 bridgehead atoms. The highest BCUT2D eigenvalue weighted by Gasteiger charge is 2.53. The number of amides is 4. The van der Waals surface area contributed by atoms with Gasteiger partial charge in [0.2, 0.25) is 5.91 Å². The van der Waals surface area contributed by atoms with E-state index in [-0.39, 0.29) is 23.8 Å². The number of para-hydroxylation sites is 1. The zero-order valence-electron chi connectivity index (χ0n) is 16.6. The van der Waals surface area contributed by atoms with Gasteiger partial charge in [-0.05, 0) is 49.1 Å². The summed E-state index contributed by atoms with van der Waals surface area (Å²) in [6.45, 7) is 6.42. The Morgan fingerprint density at radius 1 is 1.19 bits per heavy atom. The molecule has 0 radical (unpaired) electrons. The van der Waals surface area contributed by atoms with Gasteiger partial charge in [-0.2, -0.15) is 0 Å². The second-order valence-corrected chi connectivity index (χ2v) is 8.83. The van der Waals surface area contributed by atoms with Gasteiger partial charge in [0.1, 0.15) is 12.1 Å². The molecule has 0 unspecified atom stereocenters. The molecule has 6 nitrogen and oxygen atoms in total. The van der Waals surface area contributed by atoms with Crippen LogP contribution in [0.1, 0.15) is 46.5 Å². The summed E-state index contributed by atoms with van der Waals surface area (Å²) < 4.78 is 0. The Kier molecular flexibility index (Phi) is 5.02. The van der Waals surface area contributed by atoms with Crippen molar-refractivity contribution >= 4 is 23.5 Å². The van der Waals surface area contributed by atoms with Gasteiger partial charge >= 0.3 is 6.03 Å². The van der Waals surface area contributed by atoms with Crippen LogP contribution in [-0.2, 0) is 9.59 Å². The van der Waals surface area contributed by atoms with Gasteiger partial charge in [0.05, 0.1) is 0 Å². The summed E-state index contributed by atoms with van der Waals surface area (Å²) in [7, 11) is 1.65. The first-order chi connectivity index (χ1) is 12.6. The van der Waals surface area contributed by atoms with Crippen molar-refractivity contribution in [3.8, 4) is 0 Å². The molecule has 0 aromatic heterocycles. The van der Waals surface area contributed by atoms with Gasteiger partial charge in [-0.15, -0.1) is 0 Å². The summed E-state index contributed by atoms with van der Waals surface area (Å²) in [5.41, 5.74) is 0.0983. The second-order valence-electron chi connectivity index (χ2n) is 8.83. The molecule has 1 saturated carbocycles. The predicted octanol–water partition coefficient (Wildman–Crippen LogP) is 3.18. The van der Waals surface area contributed by atoms with Crippen molar-refractivity contribution in [2.75, 3.05) is 18.5 Å². The minimum absolute atomic E-state index is 0.196. The molecule has 0 atom stereocenters. The van der Waals surface area contributed by atoms with E-state index in [0.29, 0.717) is 18.8 Å². The van der Waals surface area contributed by atoms with Crippen molar-refractivity contribution in [2.45, 2.75) is 52.0 Å². The molecule has 3 rings (SSSR count). The Morgan fingerprint density at radius 3 is 2.33 bits per heavy atom. The van der Waals surface area contributed by atoms with Gasteiger partial charge in [-0.25, -0.2) is 4.79 Å². The fourth-order valence-electron chi connectivity index (χ4n) is 4.17. The van der Waals surface area contributed by atoms with Crippen LogP contribution in [0.15, 0.2) is 30.3 Å². The molecule has 1 N–H and O–H groups in total. The van der Waals surface area contributed by atoms with Crippen LogP contribution in [0.25, 0.3) is 0 Å². The number of carbonyl (C=O) groups excluding carboxylic acids is 3. The highest BCUT2D eigenvalue weighted by molar-refractivity contribution is 6.10. The van der Waals surface area contributed by atoms with E-state index in [1.54, 1.807) is 7.05 Å². The van der Waals surface area contributed by atoms with Crippen molar-refractivity contribution in [2.24, 2.45) is 11.3 Å². The molecule has 1 aliphatic heterocycles. The van der Waals surface area contributed by atoms with Crippen molar-refractivity contribution in [1.29, 1.82) is 0 Å². The van der Waals surface area contributed by atoms with Gasteiger partial charge < -0.3 is 10.2 Å². The van der Waals surface area contributed by atoms with E-state index >= 15 is 0 Å². The first kappa shape index (κ1) is 19.4. The van der Waals surface area contributed by atoms with Crippen molar-refractivity contribution < 1.29 is 14.4 Å². The first-order valence-corrected chi connectivity index (χ1v) is 9.60. The molecule has 1 spiro atoms. The molecule has 146 valence electrons. The van der Waals surface area contributed by atoms with Crippen LogP contribution in [-0.4, -0.2) is 41.9 Å². The van der Waals surface area contributed by atoms with Gasteiger partial charge in [0.15, 0.2) is 0 Å². The summed E-state index contributed by atoms with van der Waals surface area (Å²) in [6, 6.07) is 8.74. The van der Waals surface area contributed by atoms with Gasteiger partial charge in [-0.3, -0.25) is 14.5 Å². The second kappa shape index (κ2) is 6.98. The number of likely N-dealkylation sites (N-methyl/N-ethyl adjacent to an activating group) is 1. The Bertz CT molecular complexity index is 731. The van der Waals surface area contributed by atoms with Crippen molar-refractivity contribution in [3.05, 3.63) is 30.3 Å². The van der Waals surface area contributed by atoms with Crippen LogP contribution >= 0.6 is 0 Å². The average molecular weight is 371 g/mol. The zero-order chi connectivity index (χ0) is 19.8. The molecule has 4 amide bonds. The number of hydrogen-bond acceptors (Lipinski definition) is 3. The number of nitrogens with one attached hydrogen (secondary N) is 1. The Balaban J connectivity index is 1.67. The lowest BCUT2D eigenvalue weighted by Gasteiger charge is -2.40. The van der Waals surface area contributed by atoms with Crippen LogP contribution in [0, 0.1) is 11.3 Å². The molecule has 1 saturated heterocycles. The van der Waals surface area contributed by atoms with Crippen LogP contribution in [0.5, 0.6) is 0 Å². The minimum atomic E-state index is -0.829. The summed E-state index contributed by atoms with van der Waals surface area (Å²) in [4.78, 5) is 40.6. The number of hydrogen-bond donors (Lipinski definition) is 1. The molecular formula is C21H29N3O3. The highest BCUT2D eigenvalue weighted by atomic mass is 16.2. The summed E-state index contributed by atoms with van der Waals surface area (Å²) in [6.07, 6.45) is 3.08. The van der Waals surface area contributed by atoms with Crippen molar-refractivity contribution in [1.82, 2.24) is 10.2 Å². The third kappa shape index (κ3) is 3.70. The topological polar surface area (TPSA) is 69.7 Å². The van der Waals surface area contributed by atoms with E-state index in [1.165, 1.54) is 4.90 Å². The Morgan fingerprint density at radius 2 is 1.78 bits per heavy atom. The quantitative estimate of drug-likeness (QED) is 0.830. The van der Waals surface area contributed by atoms with Gasteiger partial charge in [-0.1, -0.05) is 39.0 Å². The third-order valence-corrected chi connectivity index (χ3v) is 6.12. The maximum atomic E-state index is 13.0. The largest absolute Gasteiger partial charge is 0.325 e. The summed E-state index contributed by atoms with van der Waals surface area (Å²) in [5, 5.41) is 2.89. The molecular weight excluding hydrogens is 342 g/mol. The molecule has 1 heterocycles. The standard InChI is InChI=1S/C21H29N3O3/c1-20(2,3)15-10-12-21(13-11-15)18(26)24(19(27)22-21)14-17(25)23(4)16-8-6-5-7-9-16/h5-9,15H,10-14H2,1-4H3,(H,22,27). The lowest BCUT2D eigenvalue weighted by molar-refractivity contribution is -0.135. The first-order valence-electron chi connectivity index (χ1n) is 9.60. The number of anilines is 1. The van der Waals surface area contributed by atoms with E-state index in [4.69, 9.17) is 0 Å². The smallest absolute Gasteiger partial charge is 0.323 e. The van der Waals surface area contributed by atoms with Crippen LogP contribution in [0.2, 0.25) is 0 Å². The number of benzene rings is 1. The number of carbonyl (C=O) groups is 3. The zero-order valence-corrected chi connectivity index (χ0v) is 16.6. The normalized spacial score (nSPS) is 25.6. The van der Waals surface area contributed by atoms with Gasteiger partial charge in [0.25, 0.3) is 5.91 Å². The molecule has 27 heavy (non-hydrogen) atoms. The van der Waals surface area contributed by atoms with E-state index in [2.05, 4.69) is 26.1 Å². The van der Waals surface area contributed by atoms with Gasteiger partial charge in [0, 0.05) is 12.7 Å². The van der Waals surface area contributed by atoms with Crippen LogP contribution in [0.3, 0.4) is 0 Å². The summed E-state index contributed by atoms with van der Waals surface area (Å²) >= 11 is 0. The Labute approximate surface area is 160 Å². The lowest BCUT2D eigenvalue weighted by Crippen LogP contribution is -2.51. The SMILES string of the molecule is CN(C(=O)CN1C(=O)NC2(CCC(C(C)(C)C)CC2)C1=O)c1ccccc1. The highest BCUT2D eigenvalue weighted by Crippen LogP contribution is 2.43. The predicted molar refractivity (Wildman–Crippen MR) is 104 cm³/mol. The Hall–Kier alpha value is -2.37. The number of urea groups is 1. The molecule has 6 heteroatoms. The third-order valence-electron chi connectivity index (χ3n) is 6.12. The molecule has 1 aromatic rings. The molecule has 1 aromatic carbocycles. The van der Waals surface area contributed by atoms with E-state index < -0.39 is 11.6 Å². The van der Waals surface area contributed by atoms with Crippen molar-refractivity contribution in [3.63, 3.8) is 0 Å². The number of imide groups is 1. The van der Waals surface area contributed by atoms with E-state index in [0.717, 1.165) is 23.4 Å². The number of rotatable bonds is 3. The maximum absolute atomic E-state index is 13.0. The van der Waals surface area contributed by atoms with Crippen LogP contribution in [0.4, 0.5) is 10.5 Å². The molecule has 2 aliphatic rings. The van der Waals surface area contributed by atoms with E-state index in [1.807, 2.05) is 30.3 Å². The van der Waals surface area contributed by atoms with Crippen LogP contribution < -0.4 is 10.2 Å². The minimum Gasteiger partial charge on any atom is -0.323 e. The maximum Gasteiger partial charge on any atom is 0.325 e. The monoisotopic (exact) mass is 371 g/mol. The number of nitrogens with zero attached hydrogens (tertiary/aromatic N) is 2.